The number of carbonyl (C=O) groups excluding carboxylic acids is 1. The van der Waals surface area contributed by atoms with Gasteiger partial charge in [0.15, 0.2) is 5.82 Å². The Morgan fingerprint density at radius 2 is 1.92 bits per heavy atom. The monoisotopic (exact) mass is 349 g/mol. The molecule has 2 aromatic carbocycles. The van der Waals surface area contributed by atoms with Crippen molar-refractivity contribution < 1.29 is 14.1 Å². The Bertz CT molecular complexity index is 890. The van der Waals surface area contributed by atoms with E-state index in [0.29, 0.717) is 31.2 Å². The van der Waals surface area contributed by atoms with Gasteiger partial charge in [0.1, 0.15) is 5.75 Å². The molecular weight excluding hydrogens is 330 g/mol. The van der Waals surface area contributed by atoms with Crippen molar-refractivity contribution in [1.29, 1.82) is 0 Å². The number of hydrogen-bond donors (Lipinski definition) is 0. The molecule has 6 nitrogen and oxygen atoms in total. The van der Waals surface area contributed by atoms with Gasteiger partial charge in [0.2, 0.25) is 5.91 Å². The Kier molecular flexibility index (Phi) is 4.39. The Morgan fingerprint density at radius 3 is 2.65 bits per heavy atom. The van der Waals surface area contributed by atoms with E-state index in [2.05, 4.69) is 10.1 Å². The third kappa shape index (κ3) is 3.31. The smallest absolute Gasteiger partial charge is 0.257 e. The van der Waals surface area contributed by atoms with E-state index < -0.39 is 0 Å². The molecule has 26 heavy (non-hydrogen) atoms. The van der Waals surface area contributed by atoms with Crippen molar-refractivity contribution in [3.8, 4) is 17.2 Å². The fourth-order valence-corrected chi connectivity index (χ4v) is 3.15. The van der Waals surface area contributed by atoms with Crippen LogP contribution >= 0.6 is 0 Å². The van der Waals surface area contributed by atoms with Gasteiger partial charge in [-0.15, -0.1) is 0 Å². The van der Waals surface area contributed by atoms with Crippen LogP contribution in [0.5, 0.6) is 5.75 Å². The van der Waals surface area contributed by atoms with Gasteiger partial charge in [0.05, 0.1) is 7.11 Å². The maximum absolute atomic E-state index is 12.4. The van der Waals surface area contributed by atoms with Crippen LogP contribution in [-0.4, -0.2) is 34.6 Å². The van der Waals surface area contributed by atoms with E-state index in [-0.39, 0.29) is 11.8 Å². The number of benzene rings is 2. The van der Waals surface area contributed by atoms with Gasteiger partial charge in [-0.3, -0.25) is 4.79 Å². The van der Waals surface area contributed by atoms with Crippen LogP contribution in [0.2, 0.25) is 0 Å². The average Bonchev–Trinajstić information content (AvgIpc) is 3.31. The molecule has 1 amide bonds. The summed E-state index contributed by atoms with van der Waals surface area (Å²) >= 11 is 0. The maximum Gasteiger partial charge on any atom is 0.257 e. The van der Waals surface area contributed by atoms with Crippen LogP contribution in [0.4, 0.5) is 0 Å². The Hall–Kier alpha value is -3.15. The molecule has 1 atom stereocenters. The van der Waals surface area contributed by atoms with Gasteiger partial charge in [-0.25, -0.2) is 0 Å². The van der Waals surface area contributed by atoms with Crippen LogP contribution in [-0.2, 0) is 11.3 Å². The van der Waals surface area contributed by atoms with Crippen LogP contribution < -0.4 is 4.74 Å². The lowest BCUT2D eigenvalue weighted by Crippen LogP contribution is -2.24. The van der Waals surface area contributed by atoms with E-state index in [1.165, 1.54) is 0 Å². The largest absolute Gasteiger partial charge is 0.497 e. The SMILES string of the molecule is COc1ccc(CN2CC(c3noc(-c4ccccc4)n3)CC2=O)cc1. The van der Waals surface area contributed by atoms with Crippen LogP contribution in [0.25, 0.3) is 11.5 Å². The number of methoxy groups -OCH3 is 1. The molecule has 0 radical (unpaired) electrons. The van der Waals surface area contributed by atoms with Gasteiger partial charge in [0, 0.05) is 31.0 Å². The first-order valence-electron chi connectivity index (χ1n) is 8.52. The van der Waals surface area contributed by atoms with Crippen LogP contribution in [0.15, 0.2) is 59.1 Å². The van der Waals surface area contributed by atoms with Gasteiger partial charge in [-0.05, 0) is 29.8 Å². The molecule has 132 valence electrons. The van der Waals surface area contributed by atoms with Gasteiger partial charge >= 0.3 is 0 Å². The summed E-state index contributed by atoms with van der Waals surface area (Å²) in [5, 5.41) is 4.09. The molecule has 0 saturated carbocycles. The minimum absolute atomic E-state index is 0.0399. The molecule has 0 spiro atoms. The van der Waals surface area contributed by atoms with E-state index in [1.54, 1.807) is 7.11 Å². The minimum atomic E-state index is -0.0399. The highest BCUT2D eigenvalue weighted by atomic mass is 16.5. The van der Waals surface area contributed by atoms with Gasteiger partial charge in [-0.2, -0.15) is 4.98 Å². The zero-order valence-corrected chi connectivity index (χ0v) is 14.5. The molecule has 0 N–H and O–H groups in total. The molecule has 1 unspecified atom stereocenters. The molecule has 1 aliphatic heterocycles. The second-order valence-electron chi connectivity index (χ2n) is 6.35. The van der Waals surface area contributed by atoms with Gasteiger partial charge in [0.25, 0.3) is 5.89 Å². The zero-order valence-electron chi connectivity index (χ0n) is 14.5. The first-order chi connectivity index (χ1) is 12.7. The highest BCUT2D eigenvalue weighted by Crippen LogP contribution is 2.29. The van der Waals surface area contributed by atoms with E-state index in [9.17, 15) is 4.79 Å². The number of carbonyl (C=O) groups is 1. The zero-order chi connectivity index (χ0) is 17.9. The summed E-state index contributed by atoms with van der Waals surface area (Å²) in [5.74, 6) is 1.95. The van der Waals surface area contributed by atoms with Crippen LogP contribution in [0, 0.1) is 0 Å². The van der Waals surface area contributed by atoms with Crippen molar-refractivity contribution in [1.82, 2.24) is 15.0 Å². The molecule has 1 fully saturated rings. The van der Waals surface area contributed by atoms with Crippen molar-refractivity contribution in [2.45, 2.75) is 18.9 Å². The summed E-state index contributed by atoms with van der Waals surface area (Å²) < 4.78 is 10.5. The molecule has 6 heteroatoms. The number of ether oxygens (including phenoxy) is 1. The predicted octanol–water partition coefficient (Wildman–Crippen LogP) is 3.26. The molecular formula is C20H19N3O3. The van der Waals surface area contributed by atoms with Crippen LogP contribution in [0.1, 0.15) is 23.7 Å². The van der Waals surface area contributed by atoms with Crippen molar-refractivity contribution in [2.75, 3.05) is 13.7 Å². The second kappa shape index (κ2) is 7.00. The Labute approximate surface area is 151 Å². The topological polar surface area (TPSA) is 68.5 Å². The molecule has 1 aromatic heterocycles. The van der Waals surface area contributed by atoms with Crippen molar-refractivity contribution >= 4 is 5.91 Å². The number of rotatable bonds is 5. The van der Waals surface area contributed by atoms with E-state index in [1.807, 2.05) is 59.5 Å². The lowest BCUT2D eigenvalue weighted by atomic mass is 10.1. The molecule has 1 aliphatic rings. The maximum atomic E-state index is 12.4. The fraction of sp³-hybridized carbons (Fsp3) is 0.250. The van der Waals surface area contributed by atoms with E-state index >= 15 is 0 Å². The third-order valence-electron chi connectivity index (χ3n) is 4.57. The number of aromatic nitrogens is 2. The van der Waals surface area contributed by atoms with Crippen LogP contribution in [0.3, 0.4) is 0 Å². The van der Waals surface area contributed by atoms with E-state index in [4.69, 9.17) is 9.26 Å². The lowest BCUT2D eigenvalue weighted by molar-refractivity contribution is -0.128. The summed E-state index contributed by atoms with van der Waals surface area (Å²) in [6.07, 6.45) is 0.407. The Morgan fingerprint density at radius 1 is 1.15 bits per heavy atom. The van der Waals surface area contributed by atoms with Crippen molar-refractivity contribution in [2.24, 2.45) is 0 Å². The molecule has 1 saturated heterocycles. The first-order valence-corrected chi connectivity index (χ1v) is 8.52. The summed E-state index contributed by atoms with van der Waals surface area (Å²) in [7, 11) is 1.64. The summed E-state index contributed by atoms with van der Waals surface area (Å²) in [5.41, 5.74) is 1.95. The summed E-state index contributed by atoms with van der Waals surface area (Å²) in [6, 6.07) is 17.4. The van der Waals surface area contributed by atoms with Crippen molar-refractivity contribution in [3.63, 3.8) is 0 Å². The number of hydrogen-bond acceptors (Lipinski definition) is 5. The summed E-state index contributed by atoms with van der Waals surface area (Å²) in [6.45, 7) is 1.17. The predicted molar refractivity (Wildman–Crippen MR) is 95.5 cm³/mol. The molecule has 3 aromatic rings. The quantitative estimate of drug-likeness (QED) is 0.707. The normalized spacial score (nSPS) is 16.9. The van der Waals surface area contributed by atoms with E-state index in [0.717, 1.165) is 16.9 Å². The molecule has 2 heterocycles. The molecule has 0 bridgehead atoms. The number of likely N-dealkylation sites (tertiary alicyclic amines) is 1. The standard InChI is InChI=1S/C20H19N3O3/c1-25-17-9-7-14(8-10-17)12-23-13-16(11-18(23)24)19-21-20(26-22-19)15-5-3-2-4-6-15/h2-10,16H,11-13H2,1H3. The number of amides is 1. The minimum Gasteiger partial charge on any atom is -0.497 e. The number of nitrogens with zero attached hydrogens (tertiary/aromatic N) is 3. The highest BCUT2D eigenvalue weighted by Gasteiger charge is 2.33. The third-order valence-corrected chi connectivity index (χ3v) is 4.57. The highest BCUT2D eigenvalue weighted by molar-refractivity contribution is 5.79. The Balaban J connectivity index is 1.45. The van der Waals surface area contributed by atoms with Gasteiger partial charge < -0.3 is 14.2 Å². The second-order valence-corrected chi connectivity index (χ2v) is 6.35. The fourth-order valence-electron chi connectivity index (χ4n) is 3.15. The lowest BCUT2D eigenvalue weighted by Gasteiger charge is -2.16. The summed E-state index contributed by atoms with van der Waals surface area (Å²) in [4.78, 5) is 18.7. The average molecular weight is 349 g/mol. The molecule has 4 rings (SSSR count). The van der Waals surface area contributed by atoms with Gasteiger partial charge in [-0.1, -0.05) is 35.5 Å². The molecule has 0 aliphatic carbocycles. The van der Waals surface area contributed by atoms with Crippen molar-refractivity contribution in [3.05, 3.63) is 66.0 Å². The first kappa shape index (κ1) is 16.3.